The summed E-state index contributed by atoms with van der Waals surface area (Å²) in [5.41, 5.74) is 4.85. The highest BCUT2D eigenvalue weighted by molar-refractivity contribution is 5.86. The third-order valence-electron chi connectivity index (χ3n) is 6.39. The molecule has 2 aromatic heterocycles. The molecule has 0 amide bonds. The molecule has 33 heavy (non-hydrogen) atoms. The summed E-state index contributed by atoms with van der Waals surface area (Å²) in [5, 5.41) is 9.24. The molecule has 0 bridgehead atoms. The number of hydrogen-bond donors (Lipinski definition) is 0. The van der Waals surface area contributed by atoms with Crippen molar-refractivity contribution in [2.24, 2.45) is 0 Å². The third kappa shape index (κ3) is 4.79. The Morgan fingerprint density at radius 3 is 2.52 bits per heavy atom. The molecule has 1 saturated heterocycles. The van der Waals surface area contributed by atoms with E-state index in [2.05, 4.69) is 75.0 Å². The Morgan fingerprint density at radius 2 is 1.85 bits per heavy atom. The molecule has 3 heterocycles. The second kappa shape index (κ2) is 9.94. The van der Waals surface area contributed by atoms with Gasteiger partial charge in [0.2, 0.25) is 0 Å². The summed E-state index contributed by atoms with van der Waals surface area (Å²) in [6, 6.07) is 10.6. The Balaban J connectivity index is 1.50. The van der Waals surface area contributed by atoms with Crippen LogP contribution in [0.25, 0.3) is 0 Å². The molecule has 1 aliphatic heterocycles. The van der Waals surface area contributed by atoms with Crippen LogP contribution in [-0.2, 0) is 11.2 Å². The lowest BCUT2D eigenvalue weighted by Gasteiger charge is -2.42. The van der Waals surface area contributed by atoms with Crippen molar-refractivity contribution < 1.29 is 9.53 Å². The lowest BCUT2D eigenvalue weighted by atomic mass is 10.0. The monoisotopic (exact) mass is 446 g/mol. The van der Waals surface area contributed by atoms with Crippen molar-refractivity contribution in [1.29, 1.82) is 0 Å². The quantitative estimate of drug-likeness (QED) is 0.533. The first-order valence-electron chi connectivity index (χ1n) is 11.3. The van der Waals surface area contributed by atoms with E-state index in [1.807, 2.05) is 6.07 Å². The fourth-order valence-corrected chi connectivity index (χ4v) is 4.28. The van der Waals surface area contributed by atoms with Crippen molar-refractivity contribution in [3.63, 3.8) is 0 Å². The van der Waals surface area contributed by atoms with Crippen LogP contribution in [0.2, 0.25) is 0 Å². The van der Waals surface area contributed by atoms with Gasteiger partial charge in [0.1, 0.15) is 5.82 Å². The van der Waals surface area contributed by atoms with E-state index in [4.69, 9.17) is 4.74 Å². The standard InChI is InChI=1S/C25H30N6O2/c1-5-20-16-30(11-12-31(20)23-15-26-22(14-27-23)25(32)33-4)24-18(3)17(2)21(28-29-24)13-19-9-7-6-8-10-19/h6-10,14-15,20H,5,11-13,16H2,1-4H3/t20-/m1/s1. The van der Waals surface area contributed by atoms with Crippen LogP contribution < -0.4 is 9.80 Å². The van der Waals surface area contributed by atoms with Gasteiger partial charge < -0.3 is 14.5 Å². The van der Waals surface area contributed by atoms with Crippen LogP contribution in [0.1, 0.15) is 46.2 Å². The molecule has 1 fully saturated rings. The topological polar surface area (TPSA) is 84.3 Å². The Bertz CT molecular complexity index is 1100. The molecule has 0 saturated carbocycles. The number of aromatic nitrogens is 4. The fraction of sp³-hybridized carbons (Fsp3) is 0.400. The maximum Gasteiger partial charge on any atom is 0.358 e. The highest BCUT2D eigenvalue weighted by atomic mass is 16.5. The maximum atomic E-state index is 11.6. The minimum absolute atomic E-state index is 0.213. The van der Waals surface area contributed by atoms with Gasteiger partial charge in [-0.15, -0.1) is 5.10 Å². The number of carbonyl (C=O) groups is 1. The lowest BCUT2D eigenvalue weighted by molar-refractivity contribution is 0.0593. The second-order valence-corrected chi connectivity index (χ2v) is 8.34. The predicted octanol–water partition coefficient (Wildman–Crippen LogP) is 3.37. The molecule has 172 valence electrons. The van der Waals surface area contributed by atoms with Crippen LogP contribution in [0.3, 0.4) is 0 Å². The average Bonchev–Trinajstić information content (AvgIpc) is 2.87. The van der Waals surface area contributed by atoms with Gasteiger partial charge in [0.05, 0.1) is 25.2 Å². The molecular formula is C25H30N6O2. The number of piperazine rings is 1. The molecule has 1 aromatic carbocycles. The smallest absolute Gasteiger partial charge is 0.358 e. The van der Waals surface area contributed by atoms with Gasteiger partial charge in [-0.05, 0) is 37.0 Å². The summed E-state index contributed by atoms with van der Waals surface area (Å²) in [7, 11) is 1.34. The van der Waals surface area contributed by atoms with E-state index in [-0.39, 0.29) is 11.7 Å². The maximum absolute atomic E-state index is 11.6. The van der Waals surface area contributed by atoms with Gasteiger partial charge in [-0.3, -0.25) is 0 Å². The average molecular weight is 447 g/mol. The fourth-order valence-electron chi connectivity index (χ4n) is 4.28. The van der Waals surface area contributed by atoms with Gasteiger partial charge in [-0.2, -0.15) is 5.10 Å². The molecule has 8 nitrogen and oxygen atoms in total. The van der Waals surface area contributed by atoms with Crippen LogP contribution in [0.4, 0.5) is 11.6 Å². The number of nitrogens with zero attached hydrogens (tertiary/aromatic N) is 6. The summed E-state index contributed by atoms with van der Waals surface area (Å²) in [6.07, 6.45) is 4.86. The van der Waals surface area contributed by atoms with Gasteiger partial charge in [0.25, 0.3) is 0 Å². The van der Waals surface area contributed by atoms with Crippen molar-refractivity contribution in [2.45, 2.75) is 39.7 Å². The van der Waals surface area contributed by atoms with E-state index in [9.17, 15) is 4.79 Å². The molecule has 1 atom stereocenters. The number of ether oxygens (including phenoxy) is 1. The highest BCUT2D eigenvalue weighted by Crippen LogP contribution is 2.27. The van der Waals surface area contributed by atoms with Gasteiger partial charge in [-0.25, -0.2) is 14.8 Å². The van der Waals surface area contributed by atoms with Crippen LogP contribution in [0.15, 0.2) is 42.7 Å². The van der Waals surface area contributed by atoms with E-state index in [0.717, 1.165) is 49.8 Å². The molecule has 8 heteroatoms. The first-order valence-corrected chi connectivity index (χ1v) is 11.3. The van der Waals surface area contributed by atoms with Gasteiger partial charge in [0, 0.05) is 32.1 Å². The number of methoxy groups -OCH3 is 1. The molecule has 0 unspecified atom stereocenters. The summed E-state index contributed by atoms with van der Waals surface area (Å²) >= 11 is 0. The second-order valence-electron chi connectivity index (χ2n) is 8.34. The molecule has 1 aliphatic rings. The summed E-state index contributed by atoms with van der Waals surface area (Å²) in [5.74, 6) is 1.24. The molecule has 0 aliphatic carbocycles. The summed E-state index contributed by atoms with van der Waals surface area (Å²) in [6.45, 7) is 8.87. The largest absolute Gasteiger partial charge is 0.464 e. The van der Waals surface area contributed by atoms with Crippen molar-refractivity contribution >= 4 is 17.6 Å². The Hall–Kier alpha value is -3.55. The summed E-state index contributed by atoms with van der Waals surface area (Å²) < 4.78 is 4.71. The normalized spacial score (nSPS) is 16.1. The van der Waals surface area contributed by atoms with Gasteiger partial charge in [0.15, 0.2) is 11.5 Å². The molecule has 4 rings (SSSR count). The van der Waals surface area contributed by atoms with E-state index >= 15 is 0 Å². The predicted molar refractivity (Wildman–Crippen MR) is 128 cm³/mol. The first kappa shape index (κ1) is 22.6. The zero-order valence-electron chi connectivity index (χ0n) is 19.7. The van der Waals surface area contributed by atoms with Crippen LogP contribution in [0, 0.1) is 13.8 Å². The van der Waals surface area contributed by atoms with E-state index < -0.39 is 5.97 Å². The Labute approximate surface area is 194 Å². The zero-order chi connectivity index (χ0) is 23.4. The molecule has 0 radical (unpaired) electrons. The number of hydrogen-bond acceptors (Lipinski definition) is 8. The molecule has 0 spiro atoms. The molecule has 0 N–H and O–H groups in total. The van der Waals surface area contributed by atoms with E-state index in [1.54, 1.807) is 6.20 Å². The minimum Gasteiger partial charge on any atom is -0.464 e. The van der Waals surface area contributed by atoms with Crippen molar-refractivity contribution in [3.8, 4) is 0 Å². The number of esters is 1. The lowest BCUT2D eigenvalue weighted by Crippen LogP contribution is -2.54. The Kier molecular flexibility index (Phi) is 6.82. The number of anilines is 2. The van der Waals surface area contributed by atoms with E-state index in [1.165, 1.54) is 30.0 Å². The minimum atomic E-state index is -0.481. The SMILES string of the molecule is CC[C@@H]1CN(c2nnc(Cc3ccccc3)c(C)c2C)CCN1c1cnc(C(=O)OC)cn1. The molecule has 3 aromatic rings. The number of carbonyl (C=O) groups excluding carboxylic acids is 1. The summed E-state index contributed by atoms with van der Waals surface area (Å²) in [4.78, 5) is 24.9. The highest BCUT2D eigenvalue weighted by Gasteiger charge is 2.29. The van der Waals surface area contributed by atoms with Crippen molar-refractivity contribution in [1.82, 2.24) is 20.2 Å². The van der Waals surface area contributed by atoms with Gasteiger partial charge >= 0.3 is 5.97 Å². The van der Waals surface area contributed by atoms with Gasteiger partial charge in [-0.1, -0.05) is 37.3 Å². The van der Waals surface area contributed by atoms with Crippen molar-refractivity contribution in [3.05, 3.63) is 70.8 Å². The molecular weight excluding hydrogens is 416 g/mol. The zero-order valence-corrected chi connectivity index (χ0v) is 19.7. The van der Waals surface area contributed by atoms with E-state index in [0.29, 0.717) is 0 Å². The number of rotatable bonds is 6. The number of benzene rings is 1. The van der Waals surface area contributed by atoms with Crippen LogP contribution in [-0.4, -0.2) is 58.9 Å². The van der Waals surface area contributed by atoms with Crippen molar-refractivity contribution in [2.75, 3.05) is 36.5 Å². The van der Waals surface area contributed by atoms with Crippen LogP contribution in [0.5, 0.6) is 0 Å². The first-order chi connectivity index (χ1) is 16.0. The Morgan fingerprint density at radius 1 is 1.06 bits per heavy atom. The third-order valence-corrected chi connectivity index (χ3v) is 6.39. The van der Waals surface area contributed by atoms with Crippen LogP contribution >= 0.6 is 0 Å².